The van der Waals surface area contributed by atoms with Crippen molar-refractivity contribution in [1.29, 1.82) is 0 Å². The first kappa shape index (κ1) is 15.8. The van der Waals surface area contributed by atoms with Gasteiger partial charge in [-0.15, -0.1) is 0 Å². The van der Waals surface area contributed by atoms with Crippen molar-refractivity contribution in [2.75, 3.05) is 19.6 Å². The molecule has 0 radical (unpaired) electrons. The van der Waals surface area contributed by atoms with Crippen molar-refractivity contribution in [3.63, 3.8) is 0 Å². The molecule has 0 aromatic heterocycles. The van der Waals surface area contributed by atoms with Crippen molar-refractivity contribution in [1.82, 2.24) is 0 Å². The molecular weight excluding hydrogens is 200 g/mol. The van der Waals surface area contributed by atoms with E-state index in [0.717, 1.165) is 71.0 Å². The fraction of sp³-hybridized carbons (Fsp3) is 1.00. The lowest BCUT2D eigenvalue weighted by Crippen LogP contribution is -2.40. The van der Waals surface area contributed by atoms with Gasteiger partial charge in [0, 0.05) is 5.54 Å². The van der Waals surface area contributed by atoms with E-state index in [0.29, 0.717) is 0 Å². The highest BCUT2D eigenvalue weighted by atomic mass is 14.7. The van der Waals surface area contributed by atoms with Crippen LogP contribution >= 0.6 is 0 Å². The zero-order valence-electron chi connectivity index (χ0n) is 10.6. The molecule has 4 nitrogen and oxygen atoms in total. The number of hydrogen-bond acceptors (Lipinski definition) is 4. The summed E-state index contributed by atoms with van der Waals surface area (Å²) in [4.78, 5) is 0. The Bertz CT molecular complexity index is 140. The van der Waals surface area contributed by atoms with Gasteiger partial charge in [-0.05, 0) is 58.2 Å². The second-order valence-electron chi connectivity index (χ2n) is 4.75. The van der Waals surface area contributed by atoms with E-state index in [1.165, 1.54) is 0 Å². The molecule has 0 bridgehead atoms. The van der Waals surface area contributed by atoms with E-state index >= 15 is 0 Å². The van der Waals surface area contributed by atoms with Crippen molar-refractivity contribution in [3.8, 4) is 0 Å². The topological polar surface area (TPSA) is 104 Å². The Morgan fingerprint density at radius 2 is 0.938 bits per heavy atom. The van der Waals surface area contributed by atoms with Gasteiger partial charge in [-0.2, -0.15) is 0 Å². The zero-order valence-corrected chi connectivity index (χ0v) is 10.6. The largest absolute Gasteiger partial charge is 0.330 e. The summed E-state index contributed by atoms with van der Waals surface area (Å²) >= 11 is 0. The Kier molecular flexibility index (Phi) is 9.92. The number of unbranched alkanes of at least 4 members (excludes halogenated alkanes) is 2. The van der Waals surface area contributed by atoms with Crippen LogP contribution in [0.1, 0.15) is 51.4 Å². The van der Waals surface area contributed by atoms with Gasteiger partial charge in [0.2, 0.25) is 0 Å². The van der Waals surface area contributed by atoms with Gasteiger partial charge in [-0.25, -0.2) is 0 Å². The van der Waals surface area contributed by atoms with Crippen LogP contribution in [-0.2, 0) is 0 Å². The Morgan fingerprint density at radius 1 is 0.562 bits per heavy atom. The molecule has 0 amide bonds. The van der Waals surface area contributed by atoms with Crippen molar-refractivity contribution < 1.29 is 0 Å². The maximum absolute atomic E-state index is 6.43. The second kappa shape index (κ2) is 10.0. The first-order valence-corrected chi connectivity index (χ1v) is 6.57. The van der Waals surface area contributed by atoms with Gasteiger partial charge < -0.3 is 22.9 Å². The third-order valence-electron chi connectivity index (χ3n) is 3.14. The van der Waals surface area contributed by atoms with E-state index in [1.54, 1.807) is 0 Å². The van der Waals surface area contributed by atoms with Crippen LogP contribution in [0.5, 0.6) is 0 Å². The lowest BCUT2D eigenvalue weighted by Gasteiger charge is -2.30. The molecule has 0 heterocycles. The van der Waals surface area contributed by atoms with Crippen molar-refractivity contribution in [2.24, 2.45) is 22.9 Å². The van der Waals surface area contributed by atoms with Crippen molar-refractivity contribution in [3.05, 3.63) is 0 Å². The highest BCUT2D eigenvalue weighted by Gasteiger charge is 2.22. The molecule has 0 aromatic carbocycles. The standard InChI is InChI=1S/C12H30N4/c13-9-3-1-6-12(16,8-5-11-15)7-2-4-10-14/h1-11,13-16H2. The second-order valence-corrected chi connectivity index (χ2v) is 4.75. The molecule has 0 rings (SSSR count). The molecule has 0 saturated heterocycles. The van der Waals surface area contributed by atoms with Crippen LogP contribution < -0.4 is 22.9 Å². The molecule has 0 saturated carbocycles. The maximum atomic E-state index is 6.43. The summed E-state index contributed by atoms with van der Waals surface area (Å²) in [7, 11) is 0. The van der Waals surface area contributed by atoms with Crippen LogP contribution in [0, 0.1) is 0 Å². The van der Waals surface area contributed by atoms with E-state index in [-0.39, 0.29) is 5.54 Å². The van der Waals surface area contributed by atoms with E-state index in [1.807, 2.05) is 0 Å². The number of nitrogens with two attached hydrogens (primary N) is 4. The lowest BCUT2D eigenvalue weighted by atomic mass is 9.84. The predicted molar refractivity (Wildman–Crippen MR) is 71.0 cm³/mol. The minimum absolute atomic E-state index is 0.0380. The zero-order chi connectivity index (χ0) is 12.3. The summed E-state index contributed by atoms with van der Waals surface area (Å²) in [6.07, 6.45) is 8.56. The van der Waals surface area contributed by atoms with Gasteiger partial charge in [-0.1, -0.05) is 12.8 Å². The van der Waals surface area contributed by atoms with E-state index in [2.05, 4.69) is 0 Å². The molecule has 98 valence electrons. The summed E-state index contributed by atoms with van der Waals surface area (Å²) in [5.74, 6) is 0. The molecule has 0 spiro atoms. The fourth-order valence-electron chi connectivity index (χ4n) is 2.07. The molecular formula is C12H30N4. The summed E-state index contributed by atoms with van der Waals surface area (Å²) in [5.41, 5.74) is 22.9. The van der Waals surface area contributed by atoms with Gasteiger partial charge >= 0.3 is 0 Å². The lowest BCUT2D eigenvalue weighted by molar-refractivity contribution is 0.313. The molecule has 0 fully saturated rings. The summed E-state index contributed by atoms with van der Waals surface area (Å²) in [5, 5.41) is 0. The molecule has 0 aromatic rings. The van der Waals surface area contributed by atoms with Gasteiger partial charge in [0.1, 0.15) is 0 Å². The van der Waals surface area contributed by atoms with Crippen LogP contribution in [0.3, 0.4) is 0 Å². The number of hydrogen-bond donors (Lipinski definition) is 4. The molecule has 0 aliphatic heterocycles. The summed E-state index contributed by atoms with van der Waals surface area (Å²) < 4.78 is 0. The minimum atomic E-state index is -0.0380. The van der Waals surface area contributed by atoms with Crippen molar-refractivity contribution in [2.45, 2.75) is 56.9 Å². The summed E-state index contributed by atoms with van der Waals surface area (Å²) in [6, 6.07) is 0. The molecule has 8 N–H and O–H groups in total. The average Bonchev–Trinajstić information content (AvgIpc) is 2.27. The van der Waals surface area contributed by atoms with E-state index in [9.17, 15) is 0 Å². The van der Waals surface area contributed by atoms with Crippen LogP contribution in [0.25, 0.3) is 0 Å². The summed E-state index contributed by atoms with van der Waals surface area (Å²) in [6.45, 7) is 2.25. The van der Waals surface area contributed by atoms with E-state index in [4.69, 9.17) is 22.9 Å². The van der Waals surface area contributed by atoms with Crippen LogP contribution in [0.15, 0.2) is 0 Å². The van der Waals surface area contributed by atoms with Crippen LogP contribution in [0.4, 0.5) is 0 Å². The third-order valence-corrected chi connectivity index (χ3v) is 3.14. The molecule has 4 heteroatoms. The quantitative estimate of drug-likeness (QED) is 0.392. The average molecular weight is 230 g/mol. The van der Waals surface area contributed by atoms with Gasteiger partial charge in [0.05, 0.1) is 0 Å². The van der Waals surface area contributed by atoms with Crippen LogP contribution in [0.2, 0.25) is 0 Å². The highest BCUT2D eigenvalue weighted by molar-refractivity contribution is 4.84. The molecule has 16 heavy (non-hydrogen) atoms. The maximum Gasteiger partial charge on any atom is 0.0154 e. The van der Waals surface area contributed by atoms with Gasteiger partial charge in [-0.3, -0.25) is 0 Å². The first-order valence-electron chi connectivity index (χ1n) is 6.57. The molecule has 0 unspecified atom stereocenters. The smallest absolute Gasteiger partial charge is 0.0154 e. The Hall–Kier alpha value is -0.160. The molecule has 0 atom stereocenters. The van der Waals surface area contributed by atoms with Crippen LogP contribution in [-0.4, -0.2) is 25.2 Å². The monoisotopic (exact) mass is 230 g/mol. The SMILES string of the molecule is NCCCCC(N)(CCCN)CCCCN. The normalized spacial score (nSPS) is 12.0. The molecule has 0 aliphatic carbocycles. The van der Waals surface area contributed by atoms with Crippen molar-refractivity contribution >= 4 is 0 Å². The van der Waals surface area contributed by atoms with Gasteiger partial charge in [0.25, 0.3) is 0 Å². The molecule has 0 aliphatic rings. The Balaban J connectivity index is 3.91. The predicted octanol–water partition coefficient (Wildman–Crippen LogP) is 0.681. The number of rotatable bonds is 11. The minimum Gasteiger partial charge on any atom is -0.330 e. The van der Waals surface area contributed by atoms with Gasteiger partial charge in [0.15, 0.2) is 0 Å². The van der Waals surface area contributed by atoms with E-state index < -0.39 is 0 Å². The fourth-order valence-corrected chi connectivity index (χ4v) is 2.07. The Morgan fingerprint density at radius 3 is 1.31 bits per heavy atom. The Labute approximate surface area is 100 Å². The third kappa shape index (κ3) is 8.05. The highest BCUT2D eigenvalue weighted by Crippen LogP contribution is 2.23. The first-order chi connectivity index (χ1) is 7.68.